The van der Waals surface area contributed by atoms with Crippen LogP contribution in [0.1, 0.15) is 5.56 Å². The number of fused-ring (bicyclic) bond motifs is 2. The van der Waals surface area contributed by atoms with Crippen LogP contribution < -0.4 is 11.2 Å². The van der Waals surface area contributed by atoms with Crippen LogP contribution in [0.25, 0.3) is 44.8 Å². The summed E-state index contributed by atoms with van der Waals surface area (Å²) in [5.41, 5.74) is 2.91. The topological polar surface area (TPSA) is 122 Å². The fraction of sp³-hybridized carbons (Fsp3) is 0.0417. The van der Waals surface area contributed by atoms with Crippen molar-refractivity contribution in [3.05, 3.63) is 99.2 Å². The normalized spacial score (nSPS) is 11.4. The first-order valence-corrected chi connectivity index (χ1v) is 10.3. The van der Waals surface area contributed by atoms with Gasteiger partial charge in [-0.3, -0.25) is 4.79 Å². The summed E-state index contributed by atoms with van der Waals surface area (Å²) in [7, 11) is 0. The number of aromatic amines is 2. The Bertz CT molecular complexity index is 1740. The zero-order valence-corrected chi connectivity index (χ0v) is 17.1. The van der Waals surface area contributed by atoms with Gasteiger partial charge in [0.1, 0.15) is 0 Å². The molecule has 0 radical (unpaired) electrons. The van der Waals surface area contributed by atoms with Crippen LogP contribution in [0, 0.1) is 0 Å². The van der Waals surface area contributed by atoms with E-state index in [4.69, 9.17) is 4.52 Å². The summed E-state index contributed by atoms with van der Waals surface area (Å²) >= 11 is 0. The maximum Gasteiger partial charge on any atom is 0.323 e. The lowest BCUT2D eigenvalue weighted by Crippen LogP contribution is -2.24. The van der Waals surface area contributed by atoms with Crippen molar-refractivity contribution in [2.45, 2.75) is 6.54 Å². The highest BCUT2D eigenvalue weighted by Crippen LogP contribution is 2.27. The van der Waals surface area contributed by atoms with Crippen molar-refractivity contribution in [2.75, 3.05) is 0 Å². The maximum absolute atomic E-state index is 13.1. The highest BCUT2D eigenvalue weighted by Gasteiger charge is 2.19. The molecule has 6 rings (SSSR count). The Hall–Kier alpha value is -4.79. The van der Waals surface area contributed by atoms with Gasteiger partial charge in [0.25, 0.3) is 11.4 Å². The molecule has 0 fully saturated rings. The molecule has 0 unspecified atom stereocenters. The number of imidazole rings is 1. The number of H-pyrrole nitrogens is 2. The Kier molecular flexibility index (Phi) is 4.25. The van der Waals surface area contributed by atoms with Gasteiger partial charge < -0.3 is 14.5 Å². The molecule has 2 N–H and O–H groups in total. The lowest BCUT2D eigenvalue weighted by Gasteiger charge is -2.09. The third-order valence-corrected chi connectivity index (χ3v) is 5.45. The number of hydrogen-bond donors (Lipinski definition) is 2. The van der Waals surface area contributed by atoms with Crippen LogP contribution in [0.3, 0.4) is 0 Å². The third kappa shape index (κ3) is 3.32. The van der Waals surface area contributed by atoms with Crippen molar-refractivity contribution in [3.63, 3.8) is 0 Å². The van der Waals surface area contributed by atoms with Crippen LogP contribution in [0.4, 0.5) is 0 Å². The molecule has 0 spiro atoms. The Morgan fingerprint density at radius 2 is 1.61 bits per heavy atom. The van der Waals surface area contributed by atoms with Crippen molar-refractivity contribution in [1.29, 1.82) is 0 Å². The van der Waals surface area contributed by atoms with Crippen molar-refractivity contribution in [3.8, 4) is 23.0 Å². The van der Waals surface area contributed by atoms with E-state index in [2.05, 4.69) is 25.2 Å². The van der Waals surface area contributed by atoms with Gasteiger partial charge in [-0.05, 0) is 29.8 Å². The summed E-state index contributed by atoms with van der Waals surface area (Å²) in [5.74, 6) is 0.548. The molecule has 0 bridgehead atoms. The molecular weight excluding hydrogens is 420 g/mol. The van der Waals surface area contributed by atoms with Gasteiger partial charge >= 0.3 is 5.69 Å². The van der Waals surface area contributed by atoms with E-state index in [-0.39, 0.29) is 17.1 Å². The summed E-state index contributed by atoms with van der Waals surface area (Å²) in [6.07, 6.45) is 0. The van der Waals surface area contributed by atoms with E-state index in [1.165, 1.54) is 4.68 Å². The zero-order valence-electron chi connectivity index (χ0n) is 17.1. The molecule has 6 aromatic rings. The predicted molar refractivity (Wildman–Crippen MR) is 123 cm³/mol. The molecule has 9 nitrogen and oxygen atoms in total. The minimum absolute atomic E-state index is 0.195. The average Bonchev–Trinajstić information content (AvgIpc) is 3.47. The summed E-state index contributed by atoms with van der Waals surface area (Å²) in [6, 6.07) is 22.2. The summed E-state index contributed by atoms with van der Waals surface area (Å²) in [5, 5.41) is 9.84. The molecule has 160 valence electrons. The van der Waals surface area contributed by atoms with Gasteiger partial charge in [-0.1, -0.05) is 53.7 Å². The number of nitrogens with zero attached hydrogens (tertiary/aromatic N) is 4. The fourth-order valence-corrected chi connectivity index (χ4v) is 3.87. The summed E-state index contributed by atoms with van der Waals surface area (Å²) in [4.78, 5) is 34.6. The summed E-state index contributed by atoms with van der Waals surface area (Å²) in [6.45, 7) is 0.315. The zero-order chi connectivity index (χ0) is 22.4. The second-order valence-corrected chi connectivity index (χ2v) is 7.61. The predicted octanol–water partition coefficient (Wildman–Crippen LogP) is 3.33. The van der Waals surface area contributed by atoms with E-state index in [1.54, 1.807) is 24.3 Å². The molecule has 3 heterocycles. The smallest absolute Gasteiger partial charge is 0.323 e. The SMILES string of the molecule is O=c1[nH]c2ccc(-c3noc(-c4nn(Cc5ccccc5)c(=O)c5ccccc45)n3)cc2[nH]1. The first kappa shape index (κ1) is 18.9. The highest BCUT2D eigenvalue weighted by molar-refractivity contribution is 5.92. The minimum Gasteiger partial charge on any atom is -0.332 e. The van der Waals surface area contributed by atoms with Crippen molar-refractivity contribution < 1.29 is 4.52 Å². The highest BCUT2D eigenvalue weighted by atomic mass is 16.5. The second kappa shape index (κ2) is 7.41. The van der Waals surface area contributed by atoms with Crippen LogP contribution >= 0.6 is 0 Å². The third-order valence-electron chi connectivity index (χ3n) is 5.45. The molecule has 0 saturated heterocycles. The first-order chi connectivity index (χ1) is 16.2. The Balaban J connectivity index is 1.48. The molecule has 0 aliphatic heterocycles. The molecule has 0 aliphatic rings. The number of hydrogen-bond acceptors (Lipinski definition) is 6. The van der Waals surface area contributed by atoms with E-state index >= 15 is 0 Å². The van der Waals surface area contributed by atoms with Crippen LogP contribution in [-0.2, 0) is 6.54 Å². The quantitative estimate of drug-likeness (QED) is 0.437. The van der Waals surface area contributed by atoms with Gasteiger partial charge in [-0.2, -0.15) is 10.1 Å². The lowest BCUT2D eigenvalue weighted by atomic mass is 10.1. The fourth-order valence-electron chi connectivity index (χ4n) is 3.87. The van der Waals surface area contributed by atoms with Crippen LogP contribution in [0.15, 0.2) is 86.9 Å². The van der Waals surface area contributed by atoms with Gasteiger partial charge in [0, 0.05) is 10.9 Å². The van der Waals surface area contributed by atoms with Gasteiger partial charge in [-0.25, -0.2) is 9.48 Å². The maximum atomic E-state index is 13.1. The molecular formula is C24H16N6O3. The van der Waals surface area contributed by atoms with Gasteiger partial charge in [0.05, 0.1) is 23.0 Å². The van der Waals surface area contributed by atoms with E-state index in [0.717, 1.165) is 5.56 Å². The first-order valence-electron chi connectivity index (χ1n) is 10.3. The van der Waals surface area contributed by atoms with Crippen molar-refractivity contribution >= 4 is 21.8 Å². The van der Waals surface area contributed by atoms with Gasteiger partial charge in [-0.15, -0.1) is 0 Å². The Morgan fingerprint density at radius 3 is 2.45 bits per heavy atom. The average molecular weight is 436 g/mol. The Morgan fingerprint density at radius 1 is 0.848 bits per heavy atom. The molecule has 3 aromatic heterocycles. The molecule has 0 atom stereocenters. The van der Waals surface area contributed by atoms with E-state index < -0.39 is 0 Å². The number of nitrogens with one attached hydrogen (secondary N) is 2. The van der Waals surface area contributed by atoms with E-state index in [9.17, 15) is 9.59 Å². The molecule has 33 heavy (non-hydrogen) atoms. The second-order valence-electron chi connectivity index (χ2n) is 7.61. The van der Waals surface area contributed by atoms with Crippen molar-refractivity contribution in [2.24, 2.45) is 0 Å². The molecule has 0 aliphatic carbocycles. The number of benzene rings is 3. The summed E-state index contributed by atoms with van der Waals surface area (Å²) < 4.78 is 6.97. The van der Waals surface area contributed by atoms with Crippen molar-refractivity contribution in [1.82, 2.24) is 29.9 Å². The van der Waals surface area contributed by atoms with Crippen LogP contribution in [-0.4, -0.2) is 29.9 Å². The minimum atomic E-state index is -0.285. The van der Waals surface area contributed by atoms with Gasteiger partial charge in [0.15, 0.2) is 5.69 Å². The Labute approximate surface area is 185 Å². The molecule has 3 aromatic carbocycles. The molecule has 9 heteroatoms. The molecule has 0 saturated carbocycles. The monoisotopic (exact) mass is 436 g/mol. The number of rotatable bonds is 4. The number of aromatic nitrogens is 6. The van der Waals surface area contributed by atoms with Gasteiger partial charge in [0.2, 0.25) is 5.82 Å². The molecule has 0 amide bonds. The van der Waals surface area contributed by atoms with Crippen LogP contribution in [0.2, 0.25) is 0 Å². The largest absolute Gasteiger partial charge is 0.332 e. The standard InChI is InChI=1S/C24H16N6O3/c31-23-17-9-5-4-8-16(17)20(28-30(23)13-14-6-2-1-3-7-14)22-27-21(29-33-22)15-10-11-18-19(12-15)26-24(32)25-18/h1-12H,13H2,(H2,25,26,32). The lowest BCUT2D eigenvalue weighted by molar-refractivity contribution is 0.429. The van der Waals surface area contributed by atoms with E-state index in [1.807, 2.05) is 48.5 Å². The van der Waals surface area contributed by atoms with Crippen LogP contribution in [0.5, 0.6) is 0 Å². The van der Waals surface area contributed by atoms with E-state index in [0.29, 0.717) is 45.4 Å².